The molecule has 0 N–H and O–H groups in total. The zero-order valence-electron chi connectivity index (χ0n) is 38.6. The fourth-order valence-corrected chi connectivity index (χ4v) is 11.1. The second-order valence-corrected chi connectivity index (χ2v) is 18.9. The van der Waals surface area contributed by atoms with Crippen molar-refractivity contribution in [2.24, 2.45) is 0 Å². The van der Waals surface area contributed by atoms with Gasteiger partial charge >= 0.3 is 0 Å². The summed E-state index contributed by atoms with van der Waals surface area (Å²) in [4.78, 5) is 2.42. The molecule has 1 aliphatic rings. The molecule has 1 aromatic heterocycles. The van der Waals surface area contributed by atoms with Crippen LogP contribution in [0.1, 0.15) is 25.0 Å². The SMILES string of the molecule is CC1(C)c2ccccc2-c2ccc(N(c3ccc(-c4ccccc4-c4ccc5c(c4)c4ccccc4n5-c4cc(-c5ccccc5)cc(-c5ccccc5)c4)cc3)c3ccc4ccccc4c3)cc21. The van der Waals surface area contributed by atoms with Gasteiger partial charge in [0.2, 0.25) is 0 Å². The summed E-state index contributed by atoms with van der Waals surface area (Å²) in [6.45, 7) is 4.71. The average molecular weight is 881 g/mol. The monoisotopic (exact) mass is 880 g/mol. The van der Waals surface area contributed by atoms with Crippen molar-refractivity contribution in [3.8, 4) is 61.3 Å². The van der Waals surface area contributed by atoms with Gasteiger partial charge < -0.3 is 9.47 Å². The normalized spacial score (nSPS) is 12.6. The second-order valence-electron chi connectivity index (χ2n) is 18.9. The molecule has 12 aromatic rings. The van der Waals surface area contributed by atoms with Crippen molar-refractivity contribution >= 4 is 49.6 Å². The predicted molar refractivity (Wildman–Crippen MR) is 292 cm³/mol. The Hall–Kier alpha value is -8.72. The summed E-state index contributed by atoms with van der Waals surface area (Å²) in [5.41, 5.74) is 21.7. The van der Waals surface area contributed by atoms with Gasteiger partial charge in [-0.3, -0.25) is 0 Å². The highest BCUT2D eigenvalue weighted by atomic mass is 15.1. The average Bonchev–Trinajstić information content (AvgIpc) is 3.86. The highest BCUT2D eigenvalue weighted by molar-refractivity contribution is 6.11. The molecule has 0 aliphatic heterocycles. The van der Waals surface area contributed by atoms with Gasteiger partial charge in [-0.1, -0.05) is 196 Å². The minimum atomic E-state index is -0.109. The van der Waals surface area contributed by atoms with Crippen LogP contribution in [-0.4, -0.2) is 4.57 Å². The van der Waals surface area contributed by atoms with Gasteiger partial charge in [0.25, 0.3) is 0 Å². The summed E-state index contributed by atoms with van der Waals surface area (Å²) in [7, 11) is 0. The molecule has 0 spiro atoms. The fourth-order valence-electron chi connectivity index (χ4n) is 11.1. The van der Waals surface area contributed by atoms with Gasteiger partial charge in [0, 0.05) is 38.9 Å². The van der Waals surface area contributed by atoms with Gasteiger partial charge in [0.15, 0.2) is 0 Å². The van der Waals surface area contributed by atoms with Crippen molar-refractivity contribution in [2.75, 3.05) is 4.90 Å². The first-order valence-corrected chi connectivity index (χ1v) is 24.0. The van der Waals surface area contributed by atoms with E-state index in [1.54, 1.807) is 0 Å². The number of hydrogen-bond acceptors (Lipinski definition) is 1. The Morgan fingerprint density at radius 1 is 0.304 bits per heavy atom. The molecule has 11 aromatic carbocycles. The van der Waals surface area contributed by atoms with Crippen LogP contribution in [0.15, 0.2) is 255 Å². The highest BCUT2D eigenvalue weighted by Gasteiger charge is 2.35. The zero-order chi connectivity index (χ0) is 46.1. The number of rotatable bonds is 8. The van der Waals surface area contributed by atoms with E-state index in [0.717, 1.165) is 22.7 Å². The molecule has 2 nitrogen and oxygen atoms in total. The molecule has 0 amide bonds. The van der Waals surface area contributed by atoms with Crippen molar-refractivity contribution in [1.82, 2.24) is 4.57 Å². The lowest BCUT2D eigenvalue weighted by Crippen LogP contribution is -2.16. The van der Waals surface area contributed by atoms with Crippen LogP contribution < -0.4 is 4.90 Å². The number of para-hydroxylation sites is 1. The standard InChI is InChI=1S/C67H48N2/c1-67(2)63-27-15-13-25-59(63)60-37-36-55(44-64(60)67)68(54-35-29-47-21-9-10-22-49(47)40-54)53-33-30-48(31-34-53)57-23-11-12-24-58(57)50-32-38-66-62(43-50)61-26-14-16-28-65(61)69(66)56-41-51(45-17-5-3-6-18-45)39-52(42-56)46-19-7-4-8-20-46/h3-44H,1-2H3. The summed E-state index contributed by atoms with van der Waals surface area (Å²) < 4.78 is 2.44. The molecule has 69 heavy (non-hydrogen) atoms. The van der Waals surface area contributed by atoms with Crippen molar-refractivity contribution in [3.05, 3.63) is 266 Å². The van der Waals surface area contributed by atoms with Gasteiger partial charge in [-0.05, 0) is 150 Å². The zero-order valence-corrected chi connectivity index (χ0v) is 38.6. The second kappa shape index (κ2) is 16.3. The smallest absolute Gasteiger partial charge is 0.0541 e. The Balaban J connectivity index is 0.909. The first kappa shape index (κ1) is 40.5. The van der Waals surface area contributed by atoms with E-state index in [2.05, 4.69) is 278 Å². The molecule has 0 fully saturated rings. The summed E-state index contributed by atoms with van der Waals surface area (Å²) >= 11 is 0. The molecule has 1 heterocycles. The summed E-state index contributed by atoms with van der Waals surface area (Å²) in [6, 6.07) is 93.7. The van der Waals surface area contributed by atoms with E-state index >= 15 is 0 Å². The summed E-state index contributed by atoms with van der Waals surface area (Å²) in [5, 5.41) is 4.91. The molecule has 0 saturated carbocycles. The number of anilines is 3. The van der Waals surface area contributed by atoms with E-state index in [-0.39, 0.29) is 5.41 Å². The molecule has 0 unspecified atom stereocenters. The largest absolute Gasteiger partial charge is 0.310 e. The number of aromatic nitrogens is 1. The van der Waals surface area contributed by atoms with Crippen LogP contribution >= 0.6 is 0 Å². The minimum Gasteiger partial charge on any atom is -0.310 e. The van der Waals surface area contributed by atoms with Gasteiger partial charge in [-0.2, -0.15) is 0 Å². The van der Waals surface area contributed by atoms with Gasteiger partial charge in [0.1, 0.15) is 0 Å². The van der Waals surface area contributed by atoms with Gasteiger partial charge in [0.05, 0.1) is 11.0 Å². The van der Waals surface area contributed by atoms with Crippen LogP contribution in [0.4, 0.5) is 17.1 Å². The highest BCUT2D eigenvalue weighted by Crippen LogP contribution is 2.51. The lowest BCUT2D eigenvalue weighted by molar-refractivity contribution is 0.660. The van der Waals surface area contributed by atoms with Gasteiger partial charge in [-0.15, -0.1) is 0 Å². The molecule has 2 heteroatoms. The number of fused-ring (bicyclic) bond motifs is 7. The Bertz CT molecular complexity index is 3860. The van der Waals surface area contributed by atoms with Crippen LogP contribution in [0.3, 0.4) is 0 Å². The lowest BCUT2D eigenvalue weighted by Gasteiger charge is -2.28. The topological polar surface area (TPSA) is 8.17 Å². The van der Waals surface area contributed by atoms with E-state index in [1.165, 1.54) is 99.3 Å². The Labute approximate surface area is 403 Å². The molecular formula is C67H48N2. The maximum atomic E-state index is 2.44. The quantitative estimate of drug-likeness (QED) is 0.148. The summed E-state index contributed by atoms with van der Waals surface area (Å²) in [5.74, 6) is 0. The van der Waals surface area contributed by atoms with Crippen LogP contribution in [-0.2, 0) is 5.41 Å². The first-order chi connectivity index (χ1) is 34.0. The maximum absolute atomic E-state index is 2.44. The molecule has 0 saturated heterocycles. The van der Waals surface area contributed by atoms with Crippen LogP contribution in [0, 0.1) is 0 Å². The van der Waals surface area contributed by atoms with E-state index in [4.69, 9.17) is 0 Å². The molecule has 0 atom stereocenters. The Kier molecular flexibility index (Phi) is 9.55. The molecule has 0 radical (unpaired) electrons. The van der Waals surface area contributed by atoms with Gasteiger partial charge in [-0.25, -0.2) is 0 Å². The third-order valence-electron chi connectivity index (χ3n) is 14.6. The van der Waals surface area contributed by atoms with E-state index in [0.29, 0.717) is 0 Å². The third-order valence-corrected chi connectivity index (χ3v) is 14.6. The van der Waals surface area contributed by atoms with Crippen molar-refractivity contribution < 1.29 is 0 Å². The van der Waals surface area contributed by atoms with Crippen molar-refractivity contribution in [1.29, 1.82) is 0 Å². The number of benzene rings is 11. The van der Waals surface area contributed by atoms with Crippen molar-refractivity contribution in [3.63, 3.8) is 0 Å². The minimum absolute atomic E-state index is 0.109. The molecular weight excluding hydrogens is 833 g/mol. The first-order valence-electron chi connectivity index (χ1n) is 24.0. The molecule has 13 rings (SSSR count). The third kappa shape index (κ3) is 6.87. The summed E-state index contributed by atoms with van der Waals surface area (Å²) in [6.07, 6.45) is 0. The Morgan fingerprint density at radius 3 is 1.58 bits per heavy atom. The maximum Gasteiger partial charge on any atom is 0.0541 e. The van der Waals surface area contributed by atoms with Crippen molar-refractivity contribution in [2.45, 2.75) is 19.3 Å². The number of nitrogens with zero attached hydrogens (tertiary/aromatic N) is 2. The van der Waals surface area contributed by atoms with Crippen LogP contribution in [0.5, 0.6) is 0 Å². The number of hydrogen-bond donors (Lipinski definition) is 0. The predicted octanol–water partition coefficient (Wildman–Crippen LogP) is 18.4. The van der Waals surface area contributed by atoms with E-state index in [9.17, 15) is 0 Å². The van der Waals surface area contributed by atoms with E-state index < -0.39 is 0 Å². The fraction of sp³-hybridized carbons (Fsp3) is 0.0448. The lowest BCUT2D eigenvalue weighted by atomic mass is 9.82. The molecule has 326 valence electrons. The van der Waals surface area contributed by atoms with Crippen LogP contribution in [0.25, 0.3) is 93.9 Å². The molecule has 1 aliphatic carbocycles. The molecule has 0 bridgehead atoms. The Morgan fingerprint density at radius 2 is 0.841 bits per heavy atom. The van der Waals surface area contributed by atoms with Crippen LogP contribution in [0.2, 0.25) is 0 Å². The van der Waals surface area contributed by atoms with E-state index in [1.807, 2.05) is 0 Å².